The number of quaternary nitrogens is 1. The molecule has 0 fully saturated rings. The second-order valence-electron chi connectivity index (χ2n) is 16.9. The molecule has 2 aromatic carbocycles. The molecule has 3 heteroatoms. The van der Waals surface area contributed by atoms with Crippen LogP contribution in [0.3, 0.4) is 0 Å². The minimum atomic E-state index is -0.0659. The van der Waals surface area contributed by atoms with Crippen molar-refractivity contribution in [1.29, 1.82) is 0 Å². The van der Waals surface area contributed by atoms with E-state index in [2.05, 4.69) is 88.5 Å². The lowest BCUT2D eigenvalue weighted by atomic mass is 9.92. The van der Waals surface area contributed by atoms with Crippen LogP contribution in [-0.2, 0) is 9.63 Å². The zero-order chi connectivity index (χ0) is 38.8. The molecule has 0 bridgehead atoms. The van der Waals surface area contributed by atoms with Gasteiger partial charge in [0, 0.05) is 24.0 Å². The Kier molecular flexibility index (Phi) is 29.4. The molecule has 0 saturated carbocycles. The fourth-order valence-corrected chi connectivity index (χ4v) is 8.67. The molecule has 2 rings (SSSR count). The molecule has 0 aromatic heterocycles. The molecule has 2 atom stereocenters. The van der Waals surface area contributed by atoms with Crippen molar-refractivity contribution >= 4 is 5.97 Å². The molecule has 0 amide bonds. The lowest BCUT2D eigenvalue weighted by Crippen LogP contribution is -2.51. The van der Waals surface area contributed by atoms with Gasteiger partial charge >= 0.3 is 5.97 Å². The first-order chi connectivity index (χ1) is 26.6. The second-order valence-corrected chi connectivity index (χ2v) is 16.9. The number of rotatable bonds is 37. The largest absolute Gasteiger partial charge is 0.366 e. The number of carbonyl (C=O) groups excluding carboxylic acids is 1. The third kappa shape index (κ3) is 21.8. The SMILES string of the molecule is CCCCCCCCCCCCCCCCC(c1ccccc1)[N+](C)(OC(=O)CCC)C(CCCCCCCCCCCCCCCC)c1ccccc1. The fourth-order valence-electron chi connectivity index (χ4n) is 8.67. The topological polar surface area (TPSA) is 26.3 Å². The predicted octanol–water partition coefficient (Wildman–Crippen LogP) is 16.9. The summed E-state index contributed by atoms with van der Waals surface area (Å²) >= 11 is 0. The molecular formula is C51H88NO2+. The summed E-state index contributed by atoms with van der Waals surface area (Å²) < 4.78 is 0.309. The van der Waals surface area contributed by atoms with Gasteiger partial charge in [-0.1, -0.05) is 248 Å². The highest BCUT2D eigenvalue weighted by Gasteiger charge is 2.46. The minimum absolute atomic E-state index is 0.0659. The van der Waals surface area contributed by atoms with E-state index in [0.29, 0.717) is 11.1 Å². The Balaban J connectivity index is 1.98. The van der Waals surface area contributed by atoms with E-state index in [-0.39, 0.29) is 18.1 Å². The first-order valence-electron chi connectivity index (χ1n) is 23.7. The van der Waals surface area contributed by atoms with Crippen molar-refractivity contribution in [2.24, 2.45) is 0 Å². The molecule has 0 spiro atoms. The van der Waals surface area contributed by atoms with Crippen LogP contribution in [0.4, 0.5) is 0 Å². The molecule has 0 heterocycles. The van der Waals surface area contributed by atoms with Crippen LogP contribution in [0.5, 0.6) is 0 Å². The summed E-state index contributed by atoms with van der Waals surface area (Å²) in [5, 5.41) is 0. The Hall–Kier alpha value is -2.13. The third-order valence-corrected chi connectivity index (χ3v) is 12.0. The monoisotopic (exact) mass is 747 g/mol. The van der Waals surface area contributed by atoms with Crippen LogP contribution in [0.2, 0.25) is 0 Å². The molecule has 0 N–H and O–H groups in total. The van der Waals surface area contributed by atoms with Crippen molar-refractivity contribution in [1.82, 2.24) is 0 Å². The zero-order valence-corrected chi connectivity index (χ0v) is 36.3. The van der Waals surface area contributed by atoms with Gasteiger partial charge in [-0.15, -0.1) is 4.65 Å². The second kappa shape index (κ2) is 33.1. The first-order valence-corrected chi connectivity index (χ1v) is 23.7. The standard InChI is InChI=1S/C51H88NO2/c1-5-8-10-12-14-16-18-20-22-24-26-28-30-38-45-49(47-41-34-32-35-42-47)52(4,54-51(53)40-7-3)50(48-43-36-33-37-44-48)46-39-31-29-27-25-23-21-19-17-15-13-11-9-6-2/h32-37,41-44,49-50H,5-31,38-40,45-46H2,1-4H3/q+1. The molecule has 0 aliphatic carbocycles. The first kappa shape index (κ1) is 48.0. The summed E-state index contributed by atoms with van der Waals surface area (Å²) in [5.74, 6) is -0.0659. The van der Waals surface area contributed by atoms with Crippen molar-refractivity contribution in [2.75, 3.05) is 7.05 Å². The van der Waals surface area contributed by atoms with Gasteiger partial charge in [-0.25, -0.2) is 4.79 Å². The van der Waals surface area contributed by atoms with Gasteiger partial charge in [0.2, 0.25) is 0 Å². The average molecular weight is 747 g/mol. The van der Waals surface area contributed by atoms with Gasteiger partial charge in [0.05, 0.1) is 6.42 Å². The highest BCUT2D eigenvalue weighted by atomic mass is 16.7. The molecule has 0 saturated heterocycles. The summed E-state index contributed by atoms with van der Waals surface area (Å²) in [6.45, 7) is 6.68. The summed E-state index contributed by atoms with van der Waals surface area (Å²) in [4.78, 5) is 20.2. The Morgan fingerprint density at radius 3 is 0.981 bits per heavy atom. The van der Waals surface area contributed by atoms with E-state index >= 15 is 0 Å². The predicted molar refractivity (Wildman–Crippen MR) is 235 cm³/mol. The number of hydrogen-bond donors (Lipinski definition) is 0. The molecule has 2 aromatic rings. The van der Waals surface area contributed by atoms with Crippen LogP contribution in [0, 0.1) is 0 Å². The Bertz CT molecular complexity index is 1030. The smallest absolute Gasteiger partial charge is 0.276 e. The maximum Gasteiger partial charge on any atom is 0.366 e. The Morgan fingerprint density at radius 1 is 0.426 bits per heavy atom. The Morgan fingerprint density at radius 2 is 0.704 bits per heavy atom. The van der Waals surface area contributed by atoms with E-state index in [4.69, 9.17) is 4.84 Å². The van der Waals surface area contributed by atoms with Crippen molar-refractivity contribution in [3.8, 4) is 0 Å². The quantitative estimate of drug-likeness (QED) is 0.0391. The van der Waals surface area contributed by atoms with E-state index in [9.17, 15) is 4.79 Å². The van der Waals surface area contributed by atoms with Gasteiger partial charge < -0.3 is 0 Å². The zero-order valence-electron chi connectivity index (χ0n) is 36.3. The van der Waals surface area contributed by atoms with Crippen LogP contribution < -0.4 is 0 Å². The molecule has 3 nitrogen and oxygen atoms in total. The van der Waals surface area contributed by atoms with E-state index < -0.39 is 0 Å². The summed E-state index contributed by atoms with van der Waals surface area (Å²) in [6, 6.07) is 22.2. The number of hydroxylamine groups is 3. The summed E-state index contributed by atoms with van der Waals surface area (Å²) in [7, 11) is 2.23. The van der Waals surface area contributed by atoms with Crippen LogP contribution in [0.25, 0.3) is 0 Å². The highest BCUT2D eigenvalue weighted by Crippen LogP contribution is 2.44. The number of nitrogens with zero attached hydrogens (tertiary/aromatic N) is 1. The van der Waals surface area contributed by atoms with Crippen molar-refractivity contribution in [3.05, 3.63) is 71.8 Å². The molecule has 0 aliphatic rings. The van der Waals surface area contributed by atoms with Gasteiger partial charge in [-0.05, 0) is 19.3 Å². The normalized spacial score (nSPS) is 13.8. The van der Waals surface area contributed by atoms with Gasteiger partial charge in [0.25, 0.3) is 0 Å². The van der Waals surface area contributed by atoms with Crippen molar-refractivity contribution in [3.63, 3.8) is 0 Å². The molecular weight excluding hydrogens is 659 g/mol. The maximum absolute atomic E-state index is 13.5. The van der Waals surface area contributed by atoms with E-state index in [1.807, 2.05) is 0 Å². The van der Waals surface area contributed by atoms with Crippen LogP contribution in [0.1, 0.15) is 249 Å². The number of benzene rings is 2. The van der Waals surface area contributed by atoms with Gasteiger partial charge in [-0.2, -0.15) is 0 Å². The Labute approximate surface area is 336 Å². The summed E-state index contributed by atoms with van der Waals surface area (Å²) in [5.41, 5.74) is 2.58. The van der Waals surface area contributed by atoms with Crippen LogP contribution >= 0.6 is 0 Å². The number of carbonyl (C=O) groups is 1. The highest BCUT2D eigenvalue weighted by molar-refractivity contribution is 5.68. The maximum atomic E-state index is 13.5. The molecule has 0 radical (unpaired) electrons. The lowest BCUT2D eigenvalue weighted by molar-refractivity contribution is -1.12. The average Bonchev–Trinajstić information content (AvgIpc) is 3.18. The van der Waals surface area contributed by atoms with Crippen molar-refractivity contribution < 1.29 is 14.3 Å². The summed E-state index contributed by atoms with van der Waals surface area (Å²) in [6.07, 6.45) is 41.5. The lowest BCUT2D eigenvalue weighted by Gasteiger charge is -2.44. The number of unbranched alkanes of at least 4 members (excludes halogenated alkanes) is 26. The van der Waals surface area contributed by atoms with Gasteiger partial charge in [0.15, 0.2) is 12.1 Å². The third-order valence-electron chi connectivity index (χ3n) is 12.0. The molecule has 2 unspecified atom stereocenters. The molecule has 54 heavy (non-hydrogen) atoms. The molecule has 308 valence electrons. The minimum Gasteiger partial charge on any atom is -0.276 e. The molecule has 0 aliphatic heterocycles. The van der Waals surface area contributed by atoms with E-state index in [0.717, 1.165) is 32.1 Å². The number of hydrogen-bond acceptors (Lipinski definition) is 2. The van der Waals surface area contributed by atoms with Crippen molar-refractivity contribution in [2.45, 2.75) is 238 Å². The van der Waals surface area contributed by atoms with E-state index in [1.54, 1.807) is 0 Å². The van der Waals surface area contributed by atoms with E-state index in [1.165, 1.54) is 178 Å². The van der Waals surface area contributed by atoms with Gasteiger partial charge in [0.1, 0.15) is 7.05 Å². The van der Waals surface area contributed by atoms with Crippen LogP contribution in [-0.4, -0.2) is 17.7 Å². The van der Waals surface area contributed by atoms with Gasteiger partial charge in [-0.3, -0.25) is 4.84 Å². The fraction of sp³-hybridized carbons (Fsp3) is 0.745. The van der Waals surface area contributed by atoms with Crippen LogP contribution in [0.15, 0.2) is 60.7 Å².